The van der Waals surface area contributed by atoms with E-state index in [9.17, 15) is 9.59 Å². The molecule has 2 aliphatic rings. The molecule has 4 aromatic rings. The second-order valence-electron chi connectivity index (χ2n) is 9.14. The van der Waals surface area contributed by atoms with E-state index in [2.05, 4.69) is 0 Å². The zero-order chi connectivity index (χ0) is 25.0. The molecule has 3 heterocycles. The molecule has 1 unspecified atom stereocenters. The summed E-state index contributed by atoms with van der Waals surface area (Å²) in [5.41, 5.74) is 4.20. The minimum Gasteiger partial charge on any atom is -0.494 e. The highest BCUT2D eigenvalue weighted by atomic mass is 16.7. The van der Waals surface area contributed by atoms with Gasteiger partial charge in [0.15, 0.2) is 16.9 Å². The number of ether oxygens (including phenoxy) is 3. The molecular formula is C29H25NO6. The first-order valence-electron chi connectivity index (χ1n) is 11.9. The van der Waals surface area contributed by atoms with Gasteiger partial charge in [-0.25, -0.2) is 0 Å². The SMILES string of the molecule is CCOc1cccc(C2c3c(oc4cc(C)c(C)cc4c3=O)C(=O)N2Cc2ccc3c(c2)OCO3)c1. The van der Waals surface area contributed by atoms with Gasteiger partial charge in [0.1, 0.15) is 11.3 Å². The summed E-state index contributed by atoms with van der Waals surface area (Å²) < 4.78 is 22.8. The van der Waals surface area contributed by atoms with Crippen LogP contribution in [-0.2, 0) is 6.54 Å². The second-order valence-corrected chi connectivity index (χ2v) is 9.14. The molecule has 0 aliphatic carbocycles. The number of carbonyl (C=O) groups excluding carboxylic acids is 1. The molecule has 0 bridgehead atoms. The van der Waals surface area contributed by atoms with Gasteiger partial charge in [-0.1, -0.05) is 18.2 Å². The Bertz CT molecular complexity index is 1590. The van der Waals surface area contributed by atoms with E-state index in [1.807, 2.05) is 75.4 Å². The summed E-state index contributed by atoms with van der Waals surface area (Å²) in [4.78, 5) is 29.3. The average molecular weight is 484 g/mol. The quantitative estimate of drug-likeness (QED) is 0.384. The second kappa shape index (κ2) is 8.45. The number of hydrogen-bond donors (Lipinski definition) is 0. The lowest BCUT2D eigenvalue weighted by Crippen LogP contribution is -2.29. The van der Waals surface area contributed by atoms with Crippen LogP contribution in [0.25, 0.3) is 11.0 Å². The summed E-state index contributed by atoms with van der Waals surface area (Å²) >= 11 is 0. The van der Waals surface area contributed by atoms with Crippen LogP contribution < -0.4 is 19.6 Å². The largest absolute Gasteiger partial charge is 0.494 e. The Morgan fingerprint density at radius 1 is 0.972 bits per heavy atom. The van der Waals surface area contributed by atoms with Crippen LogP contribution in [0.5, 0.6) is 17.2 Å². The molecule has 7 heteroatoms. The van der Waals surface area contributed by atoms with Gasteiger partial charge in [-0.15, -0.1) is 0 Å². The van der Waals surface area contributed by atoms with E-state index < -0.39 is 6.04 Å². The highest BCUT2D eigenvalue weighted by molar-refractivity contribution is 5.99. The van der Waals surface area contributed by atoms with Gasteiger partial charge < -0.3 is 23.5 Å². The van der Waals surface area contributed by atoms with Crippen LogP contribution >= 0.6 is 0 Å². The van der Waals surface area contributed by atoms with Gasteiger partial charge in [-0.2, -0.15) is 0 Å². The van der Waals surface area contributed by atoms with E-state index in [1.165, 1.54) is 0 Å². The Balaban J connectivity index is 1.53. The van der Waals surface area contributed by atoms with Crippen molar-refractivity contribution in [3.05, 3.63) is 98.4 Å². The smallest absolute Gasteiger partial charge is 0.291 e. The number of carbonyl (C=O) groups is 1. The summed E-state index contributed by atoms with van der Waals surface area (Å²) in [6.45, 7) is 6.77. The lowest BCUT2D eigenvalue weighted by molar-refractivity contribution is 0.0714. The number of amides is 1. The summed E-state index contributed by atoms with van der Waals surface area (Å²) in [5, 5.41) is 0.473. The Morgan fingerprint density at radius 3 is 2.61 bits per heavy atom. The van der Waals surface area contributed by atoms with Crippen LogP contribution in [0.15, 0.2) is 63.8 Å². The van der Waals surface area contributed by atoms with Gasteiger partial charge in [0.2, 0.25) is 12.6 Å². The molecule has 2 aliphatic heterocycles. The van der Waals surface area contributed by atoms with Crippen LogP contribution in [0.2, 0.25) is 0 Å². The molecule has 36 heavy (non-hydrogen) atoms. The fourth-order valence-corrected chi connectivity index (χ4v) is 4.96. The number of aryl methyl sites for hydroxylation is 2. The topological polar surface area (TPSA) is 78.2 Å². The summed E-state index contributed by atoms with van der Waals surface area (Å²) in [5.74, 6) is 1.74. The normalized spacial score (nSPS) is 16.0. The van der Waals surface area contributed by atoms with Crippen LogP contribution in [0.1, 0.15) is 51.3 Å². The molecule has 0 fully saturated rings. The minimum atomic E-state index is -0.624. The van der Waals surface area contributed by atoms with E-state index >= 15 is 0 Å². The Hall–Kier alpha value is -4.26. The van der Waals surface area contributed by atoms with Crippen molar-refractivity contribution in [3.63, 3.8) is 0 Å². The number of nitrogens with zero attached hydrogens (tertiary/aromatic N) is 1. The van der Waals surface area contributed by atoms with Crippen molar-refractivity contribution in [2.75, 3.05) is 13.4 Å². The van der Waals surface area contributed by atoms with E-state index in [1.54, 1.807) is 4.90 Å². The maximum atomic E-state index is 13.9. The van der Waals surface area contributed by atoms with E-state index in [4.69, 9.17) is 18.6 Å². The van der Waals surface area contributed by atoms with Gasteiger partial charge in [-0.3, -0.25) is 9.59 Å². The zero-order valence-electron chi connectivity index (χ0n) is 20.3. The fraction of sp³-hybridized carbons (Fsp3) is 0.241. The fourth-order valence-electron chi connectivity index (χ4n) is 4.96. The lowest BCUT2D eigenvalue weighted by Gasteiger charge is -2.25. The molecule has 1 aromatic heterocycles. The third-order valence-electron chi connectivity index (χ3n) is 6.86. The average Bonchev–Trinajstić information content (AvgIpc) is 3.44. The lowest BCUT2D eigenvalue weighted by atomic mass is 9.97. The first-order chi connectivity index (χ1) is 17.4. The predicted molar refractivity (Wildman–Crippen MR) is 134 cm³/mol. The minimum absolute atomic E-state index is 0.0864. The van der Waals surface area contributed by atoms with E-state index in [0.717, 1.165) is 22.3 Å². The number of fused-ring (bicyclic) bond motifs is 3. The van der Waals surface area contributed by atoms with Crippen LogP contribution in [0.4, 0.5) is 0 Å². The molecule has 3 aromatic carbocycles. The van der Waals surface area contributed by atoms with E-state index in [0.29, 0.717) is 40.4 Å². The molecule has 0 radical (unpaired) electrons. The molecular weight excluding hydrogens is 458 g/mol. The van der Waals surface area contributed by atoms with Crippen molar-refractivity contribution in [2.45, 2.75) is 33.4 Å². The van der Waals surface area contributed by atoms with Crippen LogP contribution in [-0.4, -0.2) is 24.2 Å². The van der Waals surface area contributed by atoms with Crippen LogP contribution in [0.3, 0.4) is 0 Å². The number of benzene rings is 3. The van der Waals surface area contributed by atoms with Crippen molar-refractivity contribution in [1.82, 2.24) is 4.90 Å². The third-order valence-corrected chi connectivity index (χ3v) is 6.86. The summed E-state index contributed by atoms with van der Waals surface area (Å²) in [6.07, 6.45) is 0. The van der Waals surface area contributed by atoms with Gasteiger partial charge in [0.05, 0.1) is 23.6 Å². The van der Waals surface area contributed by atoms with Gasteiger partial charge >= 0.3 is 0 Å². The van der Waals surface area contributed by atoms with Crippen molar-refractivity contribution < 1.29 is 23.4 Å². The molecule has 0 saturated heterocycles. The molecule has 1 atom stereocenters. The van der Waals surface area contributed by atoms with Crippen molar-refractivity contribution in [1.29, 1.82) is 0 Å². The Morgan fingerprint density at radius 2 is 1.78 bits per heavy atom. The first-order valence-corrected chi connectivity index (χ1v) is 11.9. The van der Waals surface area contributed by atoms with Crippen molar-refractivity contribution in [2.24, 2.45) is 0 Å². The third kappa shape index (κ3) is 3.50. The summed E-state index contributed by atoms with van der Waals surface area (Å²) in [6, 6.07) is 16.2. The standard InChI is InChI=1S/C29H25NO6/c1-4-33-20-7-5-6-19(13-20)26-25-27(31)21-10-16(2)17(3)11-23(21)36-28(25)29(32)30(26)14-18-8-9-22-24(12-18)35-15-34-22/h5-13,26H,4,14-15H2,1-3H3. The number of rotatable bonds is 5. The van der Waals surface area contributed by atoms with Crippen molar-refractivity contribution >= 4 is 16.9 Å². The Kier molecular flexibility index (Phi) is 5.21. The van der Waals surface area contributed by atoms with Gasteiger partial charge in [0.25, 0.3) is 5.91 Å². The maximum absolute atomic E-state index is 13.9. The molecule has 1 amide bonds. The summed E-state index contributed by atoms with van der Waals surface area (Å²) in [7, 11) is 0. The molecule has 7 nitrogen and oxygen atoms in total. The molecule has 0 N–H and O–H groups in total. The van der Waals surface area contributed by atoms with E-state index in [-0.39, 0.29) is 30.4 Å². The highest BCUT2D eigenvalue weighted by Gasteiger charge is 2.43. The first kappa shape index (κ1) is 22.2. The maximum Gasteiger partial charge on any atom is 0.291 e. The Labute approximate surface area is 207 Å². The number of hydrogen-bond acceptors (Lipinski definition) is 6. The molecule has 182 valence electrons. The predicted octanol–water partition coefficient (Wildman–Crippen LogP) is 5.28. The van der Waals surface area contributed by atoms with Gasteiger partial charge in [-0.05, 0) is 79.4 Å². The molecule has 6 rings (SSSR count). The molecule has 0 saturated carbocycles. The zero-order valence-corrected chi connectivity index (χ0v) is 20.3. The van der Waals surface area contributed by atoms with Crippen molar-refractivity contribution in [3.8, 4) is 17.2 Å². The van der Waals surface area contributed by atoms with Gasteiger partial charge in [0, 0.05) is 6.54 Å². The highest BCUT2D eigenvalue weighted by Crippen LogP contribution is 2.41. The monoisotopic (exact) mass is 483 g/mol. The van der Waals surface area contributed by atoms with Crippen LogP contribution in [0, 0.1) is 13.8 Å². The molecule has 0 spiro atoms.